The Hall–Kier alpha value is -3.88. The third-order valence-corrected chi connectivity index (χ3v) is 4.43. The van der Waals surface area contributed by atoms with Gasteiger partial charge in [-0.05, 0) is 37.1 Å². The van der Waals surface area contributed by atoms with Gasteiger partial charge in [0, 0.05) is 25.0 Å². The molecule has 156 valence electrons. The summed E-state index contributed by atoms with van der Waals surface area (Å²) in [6, 6.07) is 12.2. The van der Waals surface area contributed by atoms with Crippen LogP contribution in [-0.2, 0) is 6.42 Å². The molecule has 0 saturated carbocycles. The molecule has 0 unspecified atom stereocenters. The Morgan fingerprint density at radius 3 is 2.60 bits per heavy atom. The van der Waals surface area contributed by atoms with Crippen molar-refractivity contribution < 1.29 is 19.2 Å². The zero-order valence-corrected chi connectivity index (χ0v) is 16.7. The van der Waals surface area contributed by atoms with Gasteiger partial charge in [-0.15, -0.1) is 0 Å². The highest BCUT2D eigenvalue weighted by Crippen LogP contribution is 2.34. The number of benzene rings is 2. The second kappa shape index (κ2) is 9.55. The molecular formula is C21H22N4O5. The van der Waals surface area contributed by atoms with Crippen LogP contribution in [0.25, 0.3) is 5.69 Å². The van der Waals surface area contributed by atoms with Crippen molar-refractivity contribution in [2.24, 2.45) is 0 Å². The van der Waals surface area contributed by atoms with Gasteiger partial charge in [0.2, 0.25) is 0 Å². The molecule has 2 aromatic carbocycles. The van der Waals surface area contributed by atoms with E-state index in [9.17, 15) is 14.9 Å². The third kappa shape index (κ3) is 4.75. The minimum absolute atomic E-state index is 0.0710. The number of methoxy groups -OCH3 is 1. The van der Waals surface area contributed by atoms with E-state index in [1.165, 1.54) is 19.2 Å². The van der Waals surface area contributed by atoms with Crippen molar-refractivity contribution in [2.45, 2.75) is 13.3 Å². The van der Waals surface area contributed by atoms with E-state index in [1.54, 1.807) is 17.8 Å². The van der Waals surface area contributed by atoms with Crippen LogP contribution in [-0.4, -0.2) is 40.9 Å². The Labute approximate surface area is 173 Å². The lowest BCUT2D eigenvalue weighted by atomic mass is 10.1. The average molecular weight is 410 g/mol. The molecule has 0 saturated heterocycles. The van der Waals surface area contributed by atoms with Crippen molar-refractivity contribution in [1.82, 2.24) is 15.1 Å². The zero-order valence-electron chi connectivity index (χ0n) is 16.7. The highest BCUT2D eigenvalue weighted by Gasteiger charge is 2.24. The monoisotopic (exact) mass is 410 g/mol. The first-order valence-corrected chi connectivity index (χ1v) is 9.40. The van der Waals surface area contributed by atoms with Crippen LogP contribution in [0.5, 0.6) is 11.5 Å². The predicted octanol–water partition coefficient (Wildman–Crippen LogP) is 3.16. The van der Waals surface area contributed by atoms with Crippen LogP contribution in [0.4, 0.5) is 5.69 Å². The van der Waals surface area contributed by atoms with Gasteiger partial charge in [-0.2, -0.15) is 5.10 Å². The average Bonchev–Trinajstić information content (AvgIpc) is 3.29. The summed E-state index contributed by atoms with van der Waals surface area (Å²) in [5.74, 6) is -0.0548. The molecule has 1 N–H and O–H groups in total. The van der Waals surface area contributed by atoms with E-state index in [0.29, 0.717) is 19.6 Å². The number of ether oxygens (including phenoxy) is 2. The van der Waals surface area contributed by atoms with Gasteiger partial charge in [0.25, 0.3) is 11.6 Å². The van der Waals surface area contributed by atoms with Crippen LogP contribution in [0.3, 0.4) is 0 Å². The molecule has 0 radical (unpaired) electrons. The Morgan fingerprint density at radius 1 is 1.23 bits per heavy atom. The normalized spacial score (nSPS) is 10.5. The summed E-state index contributed by atoms with van der Waals surface area (Å²) < 4.78 is 12.3. The number of carbonyl (C=O) groups is 1. The van der Waals surface area contributed by atoms with Crippen molar-refractivity contribution in [1.29, 1.82) is 0 Å². The molecule has 0 spiro atoms. The fraction of sp³-hybridized carbons (Fsp3) is 0.238. The van der Waals surface area contributed by atoms with Crippen LogP contribution < -0.4 is 14.8 Å². The highest BCUT2D eigenvalue weighted by molar-refractivity contribution is 5.99. The number of amides is 1. The van der Waals surface area contributed by atoms with Gasteiger partial charge >= 0.3 is 0 Å². The number of nitro groups is 1. The van der Waals surface area contributed by atoms with Gasteiger partial charge in [0.15, 0.2) is 11.5 Å². The van der Waals surface area contributed by atoms with E-state index < -0.39 is 10.8 Å². The van der Waals surface area contributed by atoms with Gasteiger partial charge in [0.1, 0.15) is 5.56 Å². The minimum Gasteiger partial charge on any atom is -0.493 e. The molecule has 9 nitrogen and oxygen atoms in total. The number of nitrogens with zero attached hydrogens (tertiary/aromatic N) is 3. The molecule has 3 aromatic rings. The Bertz CT molecular complexity index is 1020. The summed E-state index contributed by atoms with van der Waals surface area (Å²) in [5, 5.41) is 18.3. The van der Waals surface area contributed by atoms with Gasteiger partial charge < -0.3 is 14.8 Å². The summed E-state index contributed by atoms with van der Waals surface area (Å²) in [4.78, 5) is 23.4. The maximum Gasteiger partial charge on any atom is 0.286 e. The summed E-state index contributed by atoms with van der Waals surface area (Å²) in [5.41, 5.74) is 1.55. The quantitative estimate of drug-likeness (QED) is 0.429. The molecule has 1 amide bonds. The van der Waals surface area contributed by atoms with E-state index in [0.717, 1.165) is 11.3 Å². The first-order chi connectivity index (χ1) is 14.5. The zero-order chi connectivity index (χ0) is 21.5. The lowest BCUT2D eigenvalue weighted by Crippen LogP contribution is -2.26. The molecule has 0 aliphatic heterocycles. The predicted molar refractivity (Wildman–Crippen MR) is 110 cm³/mol. The lowest BCUT2D eigenvalue weighted by molar-refractivity contribution is -0.385. The van der Waals surface area contributed by atoms with Gasteiger partial charge in [-0.1, -0.05) is 12.1 Å². The van der Waals surface area contributed by atoms with Crippen LogP contribution in [0.2, 0.25) is 0 Å². The highest BCUT2D eigenvalue weighted by atomic mass is 16.6. The molecule has 1 aromatic heterocycles. The largest absolute Gasteiger partial charge is 0.493 e. The SMILES string of the molecule is CCOc1cc(C(=O)NCCc2ccc(-n3cccn3)cc2)c([N+](=O)[O-])cc1OC. The van der Waals surface area contributed by atoms with Crippen LogP contribution in [0, 0.1) is 10.1 Å². The molecule has 1 heterocycles. The number of hydrogen-bond donors (Lipinski definition) is 1. The van der Waals surface area contributed by atoms with E-state index in [4.69, 9.17) is 9.47 Å². The van der Waals surface area contributed by atoms with Gasteiger partial charge in [-0.25, -0.2) is 4.68 Å². The minimum atomic E-state index is -0.610. The molecule has 9 heteroatoms. The first-order valence-electron chi connectivity index (χ1n) is 9.40. The molecule has 3 rings (SSSR count). The van der Waals surface area contributed by atoms with Crippen LogP contribution >= 0.6 is 0 Å². The number of carbonyl (C=O) groups excluding carboxylic acids is 1. The Morgan fingerprint density at radius 2 is 2.00 bits per heavy atom. The smallest absolute Gasteiger partial charge is 0.286 e. The summed E-state index contributed by atoms with van der Waals surface area (Å²) >= 11 is 0. The van der Waals surface area contributed by atoms with Crippen molar-refractivity contribution >= 4 is 11.6 Å². The number of aromatic nitrogens is 2. The molecular weight excluding hydrogens is 388 g/mol. The van der Waals surface area contributed by atoms with E-state index in [2.05, 4.69) is 10.4 Å². The van der Waals surface area contributed by atoms with Gasteiger partial charge in [-0.3, -0.25) is 14.9 Å². The first kappa shape index (κ1) is 20.8. The third-order valence-electron chi connectivity index (χ3n) is 4.43. The summed E-state index contributed by atoms with van der Waals surface area (Å²) in [6.45, 7) is 2.44. The maximum atomic E-state index is 12.6. The fourth-order valence-electron chi connectivity index (χ4n) is 2.96. The van der Waals surface area contributed by atoms with E-state index >= 15 is 0 Å². The van der Waals surface area contributed by atoms with Gasteiger partial charge in [0.05, 0.1) is 30.4 Å². The fourth-order valence-corrected chi connectivity index (χ4v) is 2.96. The van der Waals surface area contributed by atoms with Crippen molar-refractivity contribution in [3.05, 3.63) is 76.1 Å². The topological polar surface area (TPSA) is 109 Å². The van der Waals surface area contributed by atoms with Crippen molar-refractivity contribution in [3.8, 4) is 17.2 Å². The van der Waals surface area contributed by atoms with Crippen molar-refractivity contribution in [2.75, 3.05) is 20.3 Å². The van der Waals surface area contributed by atoms with Crippen molar-refractivity contribution in [3.63, 3.8) is 0 Å². The Balaban J connectivity index is 1.68. The standard InChI is InChI=1S/C21H22N4O5/c1-3-30-20-13-17(18(25(27)28)14-19(20)29-2)21(26)22-11-9-15-5-7-16(8-6-15)24-12-4-10-23-24/h4-8,10,12-14H,3,9,11H2,1-2H3,(H,22,26). The molecule has 30 heavy (non-hydrogen) atoms. The summed E-state index contributed by atoms with van der Waals surface area (Å²) in [7, 11) is 1.39. The summed E-state index contributed by atoms with van der Waals surface area (Å²) in [6.07, 6.45) is 4.14. The Kier molecular flexibility index (Phi) is 6.63. The van der Waals surface area contributed by atoms with Crippen LogP contribution in [0.15, 0.2) is 54.9 Å². The second-order valence-corrected chi connectivity index (χ2v) is 6.33. The molecule has 0 aliphatic rings. The van der Waals surface area contributed by atoms with E-state index in [-0.39, 0.29) is 22.7 Å². The molecule has 0 atom stereocenters. The van der Waals surface area contributed by atoms with E-state index in [1.807, 2.05) is 36.5 Å². The number of hydrogen-bond acceptors (Lipinski definition) is 6. The molecule has 0 fully saturated rings. The number of rotatable bonds is 9. The molecule has 0 aliphatic carbocycles. The molecule has 0 bridgehead atoms. The number of nitrogens with one attached hydrogen (secondary N) is 1. The van der Waals surface area contributed by atoms with Crippen LogP contribution in [0.1, 0.15) is 22.8 Å². The maximum absolute atomic E-state index is 12.6. The number of nitro benzene ring substituents is 1. The lowest BCUT2D eigenvalue weighted by Gasteiger charge is -2.12. The second-order valence-electron chi connectivity index (χ2n) is 6.33.